The van der Waals surface area contributed by atoms with Crippen molar-refractivity contribution in [2.24, 2.45) is 0 Å². The van der Waals surface area contributed by atoms with Crippen molar-refractivity contribution in [2.45, 2.75) is 25.8 Å². The predicted molar refractivity (Wildman–Crippen MR) is 80.1 cm³/mol. The number of aryl methyl sites for hydroxylation is 2. The van der Waals surface area contributed by atoms with Crippen LogP contribution in [-0.4, -0.2) is 25.0 Å². The van der Waals surface area contributed by atoms with Crippen LogP contribution >= 0.6 is 12.4 Å². The Morgan fingerprint density at radius 3 is 2.86 bits per heavy atom. The maximum absolute atomic E-state index is 5.53. The van der Waals surface area contributed by atoms with Gasteiger partial charge in [0.25, 0.3) is 0 Å². The van der Waals surface area contributed by atoms with E-state index in [1.807, 2.05) is 24.5 Å². The van der Waals surface area contributed by atoms with E-state index < -0.39 is 0 Å². The molecule has 0 amide bonds. The smallest absolute Gasteiger partial charge is 0.197 e. The van der Waals surface area contributed by atoms with Crippen LogP contribution in [0.4, 0.5) is 5.95 Å². The Hall–Kier alpha value is -2.28. The van der Waals surface area contributed by atoms with E-state index in [1.54, 1.807) is 10.9 Å². The number of aromatic nitrogens is 5. The van der Waals surface area contributed by atoms with Gasteiger partial charge >= 0.3 is 0 Å². The Balaban J connectivity index is 0.00000161. The number of imidazole rings is 1. The fourth-order valence-corrected chi connectivity index (χ4v) is 2.05. The van der Waals surface area contributed by atoms with Gasteiger partial charge in [0.05, 0.1) is 17.7 Å². The summed E-state index contributed by atoms with van der Waals surface area (Å²) in [6.45, 7) is 0.607. The molecule has 3 rings (SSSR count). The van der Waals surface area contributed by atoms with Crippen molar-refractivity contribution < 1.29 is 4.42 Å². The summed E-state index contributed by atoms with van der Waals surface area (Å²) in [5, 5.41) is 8.24. The van der Waals surface area contributed by atoms with Crippen LogP contribution in [0.1, 0.15) is 23.6 Å². The molecule has 0 unspecified atom stereocenters. The number of rotatable bonds is 6. The van der Waals surface area contributed by atoms with Crippen LogP contribution in [0.5, 0.6) is 0 Å². The minimum atomic E-state index is 0. The third-order valence-electron chi connectivity index (χ3n) is 3.00. The lowest BCUT2D eigenvalue weighted by atomic mass is 10.2. The van der Waals surface area contributed by atoms with Crippen LogP contribution in [0, 0.1) is 0 Å². The molecule has 0 radical (unpaired) electrons. The second-order valence-corrected chi connectivity index (χ2v) is 4.62. The molecule has 0 aliphatic heterocycles. The van der Waals surface area contributed by atoms with Crippen molar-refractivity contribution in [1.29, 1.82) is 0 Å². The Kier molecular flexibility index (Phi) is 4.99. The third kappa shape index (κ3) is 4.09. The molecule has 0 aliphatic carbocycles. The number of aromatic amines is 1. The topological polar surface area (TPSA) is 98.6 Å². The van der Waals surface area contributed by atoms with E-state index in [0.717, 1.165) is 36.4 Å². The average Bonchev–Trinajstić information content (AvgIpc) is 3.14. The van der Waals surface area contributed by atoms with Gasteiger partial charge in [-0.05, 0) is 31.4 Å². The van der Waals surface area contributed by atoms with E-state index in [0.29, 0.717) is 12.5 Å². The van der Waals surface area contributed by atoms with Gasteiger partial charge in [0.2, 0.25) is 0 Å². The molecule has 0 atom stereocenters. The van der Waals surface area contributed by atoms with Gasteiger partial charge < -0.3 is 15.1 Å². The van der Waals surface area contributed by atoms with Gasteiger partial charge in [0.15, 0.2) is 5.95 Å². The highest BCUT2D eigenvalue weighted by molar-refractivity contribution is 5.85. The number of halogens is 1. The van der Waals surface area contributed by atoms with E-state index in [2.05, 4.69) is 20.3 Å². The van der Waals surface area contributed by atoms with E-state index in [1.165, 1.54) is 0 Å². The summed E-state index contributed by atoms with van der Waals surface area (Å²) < 4.78 is 7.05. The monoisotopic (exact) mass is 308 g/mol. The van der Waals surface area contributed by atoms with Gasteiger partial charge in [-0.25, -0.2) is 9.67 Å². The number of hydrogen-bond acceptors (Lipinski definition) is 5. The highest BCUT2D eigenvalue weighted by atomic mass is 35.5. The van der Waals surface area contributed by atoms with Crippen molar-refractivity contribution in [2.75, 3.05) is 5.73 Å². The molecule has 0 saturated carbocycles. The molecule has 112 valence electrons. The van der Waals surface area contributed by atoms with Crippen LogP contribution in [0.2, 0.25) is 0 Å². The first-order chi connectivity index (χ1) is 9.79. The average molecular weight is 309 g/mol. The molecule has 8 heteroatoms. The number of hydrogen-bond donors (Lipinski definition) is 2. The highest BCUT2D eigenvalue weighted by Crippen LogP contribution is 2.07. The third-order valence-corrected chi connectivity index (χ3v) is 3.00. The Morgan fingerprint density at radius 2 is 2.14 bits per heavy atom. The van der Waals surface area contributed by atoms with E-state index in [9.17, 15) is 0 Å². The summed E-state index contributed by atoms with van der Waals surface area (Å²) in [6, 6.07) is 3.78. The fraction of sp³-hybridized carbons (Fsp3) is 0.308. The fourth-order valence-electron chi connectivity index (χ4n) is 2.05. The lowest BCUT2D eigenvalue weighted by Crippen LogP contribution is -1.98. The summed E-state index contributed by atoms with van der Waals surface area (Å²) in [5.74, 6) is 1.33. The normalized spacial score (nSPS) is 10.5. The predicted octanol–water partition coefficient (Wildman–Crippen LogP) is 1.82. The SMILES string of the molecule is Cl.Nc1nc(CCCc2cn(Cc3ccco3)nn2)c[nH]1. The van der Waals surface area contributed by atoms with Crippen molar-refractivity contribution in [3.05, 3.63) is 47.9 Å². The number of furan rings is 1. The molecule has 0 aromatic carbocycles. The second kappa shape index (κ2) is 6.94. The zero-order chi connectivity index (χ0) is 13.8. The summed E-state index contributed by atoms with van der Waals surface area (Å²) in [5.41, 5.74) is 7.48. The first-order valence-electron chi connectivity index (χ1n) is 6.51. The van der Waals surface area contributed by atoms with Crippen molar-refractivity contribution in [1.82, 2.24) is 25.0 Å². The largest absolute Gasteiger partial charge is 0.467 e. The number of nitrogens with zero attached hydrogens (tertiary/aromatic N) is 4. The summed E-state index contributed by atoms with van der Waals surface area (Å²) in [6.07, 6.45) is 8.14. The molecule has 3 heterocycles. The van der Waals surface area contributed by atoms with Crippen LogP contribution in [0.25, 0.3) is 0 Å². The molecule has 3 aromatic rings. The van der Waals surface area contributed by atoms with Gasteiger partial charge in [-0.1, -0.05) is 5.21 Å². The van der Waals surface area contributed by atoms with Crippen LogP contribution in [0.15, 0.2) is 35.2 Å². The minimum Gasteiger partial charge on any atom is -0.467 e. The lowest BCUT2D eigenvalue weighted by Gasteiger charge is -1.95. The zero-order valence-corrected chi connectivity index (χ0v) is 12.2. The molecular formula is C13H17ClN6O. The van der Waals surface area contributed by atoms with E-state index in [-0.39, 0.29) is 12.4 Å². The molecule has 0 aliphatic rings. The maximum atomic E-state index is 5.53. The van der Waals surface area contributed by atoms with Crippen LogP contribution in [0.3, 0.4) is 0 Å². The number of nitrogen functional groups attached to an aromatic ring is 1. The molecular weight excluding hydrogens is 292 g/mol. The van der Waals surface area contributed by atoms with Gasteiger partial charge in [-0.15, -0.1) is 17.5 Å². The van der Waals surface area contributed by atoms with Gasteiger partial charge in [-0.2, -0.15) is 0 Å². The minimum absolute atomic E-state index is 0. The highest BCUT2D eigenvalue weighted by Gasteiger charge is 2.04. The standard InChI is InChI=1S/C13H16N6O.ClH/c14-13-15-7-10(16-13)3-1-4-11-8-19(18-17-11)9-12-5-2-6-20-12;/h2,5-8H,1,3-4,9H2,(H3,14,15,16);1H. The van der Waals surface area contributed by atoms with Crippen molar-refractivity contribution in [3.63, 3.8) is 0 Å². The quantitative estimate of drug-likeness (QED) is 0.723. The number of H-pyrrole nitrogens is 1. The van der Waals surface area contributed by atoms with Crippen LogP contribution in [-0.2, 0) is 19.4 Å². The number of nitrogens with one attached hydrogen (secondary N) is 1. The van der Waals surface area contributed by atoms with Crippen molar-refractivity contribution >= 4 is 18.4 Å². The number of nitrogens with two attached hydrogens (primary N) is 1. The first-order valence-corrected chi connectivity index (χ1v) is 6.51. The maximum Gasteiger partial charge on any atom is 0.197 e. The Labute approximate surface area is 128 Å². The molecule has 0 bridgehead atoms. The first kappa shape index (κ1) is 15.1. The zero-order valence-electron chi connectivity index (χ0n) is 11.4. The second-order valence-electron chi connectivity index (χ2n) is 4.62. The summed E-state index contributed by atoms with van der Waals surface area (Å²) >= 11 is 0. The van der Waals surface area contributed by atoms with Crippen molar-refractivity contribution in [3.8, 4) is 0 Å². The molecule has 21 heavy (non-hydrogen) atoms. The Bertz CT molecular complexity index is 660. The molecule has 3 N–H and O–H groups in total. The Morgan fingerprint density at radius 1 is 1.29 bits per heavy atom. The molecule has 0 spiro atoms. The lowest BCUT2D eigenvalue weighted by molar-refractivity contribution is 0.475. The molecule has 3 aromatic heterocycles. The molecule has 0 saturated heterocycles. The van der Waals surface area contributed by atoms with E-state index >= 15 is 0 Å². The molecule has 7 nitrogen and oxygen atoms in total. The van der Waals surface area contributed by atoms with Gasteiger partial charge in [-0.3, -0.25) is 0 Å². The molecule has 0 fully saturated rings. The van der Waals surface area contributed by atoms with Gasteiger partial charge in [0.1, 0.15) is 12.3 Å². The van der Waals surface area contributed by atoms with Crippen LogP contribution < -0.4 is 5.73 Å². The summed E-state index contributed by atoms with van der Waals surface area (Å²) in [7, 11) is 0. The van der Waals surface area contributed by atoms with E-state index in [4.69, 9.17) is 10.2 Å². The van der Waals surface area contributed by atoms with Gasteiger partial charge in [0, 0.05) is 12.4 Å². The summed E-state index contributed by atoms with van der Waals surface area (Å²) in [4.78, 5) is 7.04. The number of anilines is 1.